The number of aryl methyl sites for hydroxylation is 1. The van der Waals surface area contributed by atoms with Crippen molar-refractivity contribution in [1.82, 2.24) is 14.8 Å². The van der Waals surface area contributed by atoms with E-state index in [0.29, 0.717) is 16.5 Å². The van der Waals surface area contributed by atoms with Gasteiger partial charge in [0.1, 0.15) is 5.82 Å². The molecule has 1 aromatic heterocycles. The summed E-state index contributed by atoms with van der Waals surface area (Å²) in [5.41, 5.74) is 3.11. The molecule has 0 aliphatic heterocycles. The third kappa shape index (κ3) is 4.17. The predicted molar refractivity (Wildman–Crippen MR) is 111 cm³/mol. The molecule has 0 atom stereocenters. The molecule has 0 fully saturated rings. The van der Waals surface area contributed by atoms with Crippen LogP contribution in [0.25, 0.3) is 17.1 Å². The Hall–Kier alpha value is -3.51. The van der Waals surface area contributed by atoms with Crippen molar-refractivity contribution in [2.24, 2.45) is 0 Å². The molecule has 0 saturated heterocycles. The van der Waals surface area contributed by atoms with Crippen molar-refractivity contribution in [2.75, 3.05) is 5.32 Å². The summed E-state index contributed by atoms with van der Waals surface area (Å²) in [6, 6.07) is 20.4. The first-order valence-corrected chi connectivity index (χ1v) is 9.24. The zero-order chi connectivity index (χ0) is 20.4. The van der Waals surface area contributed by atoms with Gasteiger partial charge in [-0.05, 0) is 55.5 Å². The van der Waals surface area contributed by atoms with E-state index in [1.807, 2.05) is 31.2 Å². The highest BCUT2D eigenvalue weighted by molar-refractivity contribution is 6.30. The fourth-order valence-corrected chi connectivity index (χ4v) is 2.91. The molecule has 1 N–H and O–H groups in total. The lowest BCUT2D eigenvalue weighted by Crippen LogP contribution is -2.14. The number of anilines is 1. The monoisotopic (exact) mass is 406 g/mol. The summed E-state index contributed by atoms with van der Waals surface area (Å²) in [5.74, 6) is -0.344. The lowest BCUT2D eigenvalue weighted by molar-refractivity contribution is 0.101. The molecule has 1 amide bonds. The van der Waals surface area contributed by atoms with Gasteiger partial charge in [0.15, 0.2) is 5.82 Å². The van der Waals surface area contributed by atoms with E-state index in [1.165, 1.54) is 24.3 Å². The van der Waals surface area contributed by atoms with Crippen LogP contribution >= 0.6 is 11.6 Å². The number of aromatic nitrogens is 3. The molecule has 0 aliphatic rings. The van der Waals surface area contributed by atoms with Gasteiger partial charge in [0.05, 0.1) is 5.69 Å². The Bertz CT molecular complexity index is 1090. The maximum Gasteiger partial charge on any atom is 0.295 e. The average Bonchev–Trinajstić information content (AvgIpc) is 3.16. The fraction of sp³-hybridized carbons (Fsp3) is 0.0455. The van der Waals surface area contributed by atoms with Crippen LogP contribution < -0.4 is 5.32 Å². The zero-order valence-electron chi connectivity index (χ0n) is 15.4. The van der Waals surface area contributed by atoms with Crippen LogP contribution in [0, 0.1) is 12.7 Å². The third-order valence-electron chi connectivity index (χ3n) is 4.29. The number of amides is 1. The van der Waals surface area contributed by atoms with Gasteiger partial charge < -0.3 is 5.32 Å². The molecular formula is C22H16ClFN4O. The molecular weight excluding hydrogens is 391 g/mol. The Kier molecular flexibility index (Phi) is 5.10. The molecule has 29 heavy (non-hydrogen) atoms. The van der Waals surface area contributed by atoms with Gasteiger partial charge in [0, 0.05) is 16.3 Å². The van der Waals surface area contributed by atoms with Gasteiger partial charge in [-0.15, -0.1) is 5.10 Å². The average molecular weight is 407 g/mol. The summed E-state index contributed by atoms with van der Waals surface area (Å²) in [4.78, 5) is 17.1. The van der Waals surface area contributed by atoms with Crippen molar-refractivity contribution in [2.45, 2.75) is 6.92 Å². The first kappa shape index (κ1) is 18.8. The predicted octanol–water partition coefficient (Wildman–Crippen LogP) is 5.29. The third-order valence-corrected chi connectivity index (χ3v) is 4.55. The van der Waals surface area contributed by atoms with Crippen LogP contribution in [0.4, 0.5) is 10.1 Å². The van der Waals surface area contributed by atoms with Gasteiger partial charge in [-0.25, -0.2) is 14.1 Å². The second-order valence-corrected chi connectivity index (χ2v) is 6.91. The Morgan fingerprint density at radius 1 is 0.966 bits per heavy atom. The van der Waals surface area contributed by atoms with Crippen LogP contribution in [0.2, 0.25) is 5.02 Å². The molecule has 0 unspecified atom stereocenters. The van der Waals surface area contributed by atoms with Crippen molar-refractivity contribution in [3.05, 3.63) is 95.0 Å². The summed E-state index contributed by atoms with van der Waals surface area (Å²) >= 11 is 5.99. The molecule has 0 saturated carbocycles. The first-order chi connectivity index (χ1) is 14.0. The summed E-state index contributed by atoms with van der Waals surface area (Å²) in [6.45, 7) is 2.00. The second-order valence-electron chi connectivity index (χ2n) is 6.47. The molecule has 0 bridgehead atoms. The Morgan fingerprint density at radius 3 is 2.28 bits per heavy atom. The second kappa shape index (κ2) is 7.85. The Morgan fingerprint density at radius 2 is 1.62 bits per heavy atom. The quantitative estimate of drug-likeness (QED) is 0.501. The number of halogens is 2. The normalized spacial score (nSPS) is 10.7. The van der Waals surface area contributed by atoms with E-state index in [2.05, 4.69) is 15.4 Å². The molecule has 7 heteroatoms. The van der Waals surface area contributed by atoms with Crippen molar-refractivity contribution >= 4 is 23.2 Å². The zero-order valence-corrected chi connectivity index (χ0v) is 16.2. The number of hydrogen-bond donors (Lipinski definition) is 1. The van der Waals surface area contributed by atoms with E-state index < -0.39 is 5.91 Å². The van der Waals surface area contributed by atoms with E-state index in [0.717, 1.165) is 16.8 Å². The van der Waals surface area contributed by atoms with E-state index >= 15 is 0 Å². The lowest BCUT2D eigenvalue weighted by Gasteiger charge is -2.06. The highest BCUT2D eigenvalue weighted by Gasteiger charge is 2.19. The van der Waals surface area contributed by atoms with Gasteiger partial charge >= 0.3 is 0 Å². The van der Waals surface area contributed by atoms with Crippen LogP contribution in [0.15, 0.2) is 72.8 Å². The fourth-order valence-electron chi connectivity index (χ4n) is 2.78. The molecule has 1 heterocycles. The first-order valence-electron chi connectivity index (χ1n) is 8.86. The van der Waals surface area contributed by atoms with Gasteiger partial charge in [-0.3, -0.25) is 4.79 Å². The molecule has 3 aromatic carbocycles. The smallest absolute Gasteiger partial charge is 0.295 e. The summed E-state index contributed by atoms with van der Waals surface area (Å²) in [6.07, 6.45) is 0. The van der Waals surface area contributed by atoms with Gasteiger partial charge in [-0.2, -0.15) is 0 Å². The Balaban J connectivity index is 1.74. The SMILES string of the molecule is Cc1ccc(-c2nc(C(=O)Nc3ccc(F)cc3)nn2-c2ccc(Cl)cc2)cc1. The standard InChI is InChI=1S/C22H16ClFN4O/c1-14-2-4-15(5-3-14)21-26-20(22(29)25-18-10-8-17(24)9-11-18)27-28(21)19-12-6-16(23)7-13-19/h2-13H,1H3,(H,25,29). The molecule has 4 aromatic rings. The largest absolute Gasteiger partial charge is 0.319 e. The van der Waals surface area contributed by atoms with Gasteiger partial charge in [0.25, 0.3) is 5.91 Å². The molecule has 0 aliphatic carbocycles. The molecule has 0 radical (unpaired) electrons. The summed E-state index contributed by atoms with van der Waals surface area (Å²) in [7, 11) is 0. The topological polar surface area (TPSA) is 59.8 Å². The van der Waals surface area contributed by atoms with Crippen LogP contribution in [-0.4, -0.2) is 20.7 Å². The summed E-state index contributed by atoms with van der Waals surface area (Å²) in [5, 5.41) is 7.68. The van der Waals surface area contributed by atoms with Gasteiger partial charge in [-0.1, -0.05) is 41.4 Å². The minimum Gasteiger partial charge on any atom is -0.319 e. The molecule has 5 nitrogen and oxygen atoms in total. The number of nitrogens with one attached hydrogen (secondary N) is 1. The number of hydrogen-bond acceptors (Lipinski definition) is 3. The maximum atomic E-state index is 13.1. The van der Waals surface area contributed by atoms with Gasteiger partial charge in [0.2, 0.25) is 5.82 Å². The van der Waals surface area contributed by atoms with Crippen LogP contribution in [-0.2, 0) is 0 Å². The maximum absolute atomic E-state index is 13.1. The van der Waals surface area contributed by atoms with Crippen molar-refractivity contribution < 1.29 is 9.18 Å². The minimum atomic E-state index is -0.488. The number of carbonyl (C=O) groups excluding carboxylic acids is 1. The molecule has 4 rings (SSSR count). The summed E-state index contributed by atoms with van der Waals surface area (Å²) < 4.78 is 14.7. The highest BCUT2D eigenvalue weighted by Crippen LogP contribution is 2.23. The van der Waals surface area contributed by atoms with Crippen molar-refractivity contribution in [3.8, 4) is 17.1 Å². The van der Waals surface area contributed by atoms with Crippen LogP contribution in [0.5, 0.6) is 0 Å². The van der Waals surface area contributed by atoms with E-state index in [9.17, 15) is 9.18 Å². The molecule has 0 spiro atoms. The van der Waals surface area contributed by atoms with Crippen LogP contribution in [0.1, 0.15) is 16.2 Å². The van der Waals surface area contributed by atoms with Crippen molar-refractivity contribution in [1.29, 1.82) is 0 Å². The van der Waals surface area contributed by atoms with E-state index in [-0.39, 0.29) is 11.6 Å². The van der Waals surface area contributed by atoms with E-state index in [4.69, 9.17) is 11.6 Å². The minimum absolute atomic E-state index is 0.000139. The lowest BCUT2D eigenvalue weighted by atomic mass is 10.1. The Labute approximate surface area is 171 Å². The molecule has 144 valence electrons. The highest BCUT2D eigenvalue weighted by atomic mass is 35.5. The van der Waals surface area contributed by atoms with Crippen molar-refractivity contribution in [3.63, 3.8) is 0 Å². The number of nitrogens with zero attached hydrogens (tertiary/aromatic N) is 3. The number of carbonyl (C=O) groups is 1. The number of benzene rings is 3. The number of rotatable bonds is 4. The van der Waals surface area contributed by atoms with Crippen LogP contribution in [0.3, 0.4) is 0 Å². The van der Waals surface area contributed by atoms with E-state index in [1.54, 1.807) is 28.9 Å².